The van der Waals surface area contributed by atoms with Gasteiger partial charge in [-0.2, -0.15) is 0 Å². The van der Waals surface area contributed by atoms with E-state index >= 15 is 0 Å². The molecule has 1 amide bonds. The predicted octanol–water partition coefficient (Wildman–Crippen LogP) is 1.35. The zero-order valence-electron chi connectivity index (χ0n) is 14.4. The molecule has 0 aromatic heterocycles. The van der Waals surface area contributed by atoms with Crippen LogP contribution >= 0.6 is 0 Å². The molecule has 0 bridgehead atoms. The summed E-state index contributed by atoms with van der Waals surface area (Å²) in [6.45, 7) is 1.39. The molecule has 3 rings (SSSR count). The summed E-state index contributed by atoms with van der Waals surface area (Å²) in [6.07, 6.45) is 1.18. The Hall–Kier alpha value is -2.61. The van der Waals surface area contributed by atoms with Crippen LogP contribution in [-0.2, 0) is 9.53 Å². The number of carbonyl (C=O) groups is 3. The number of carboxylic acid groups (broad SMARTS) is 2. The molecule has 0 aliphatic carbocycles. The minimum atomic E-state index is -1.16. The SMILES string of the molecule is COc1cc(C(=O)O)cc(C(=O)N2CC(C(=O)O)C3(CCOCC3)C2)c1. The van der Waals surface area contributed by atoms with E-state index in [0.717, 1.165) is 0 Å². The molecule has 26 heavy (non-hydrogen) atoms. The maximum absolute atomic E-state index is 12.9. The van der Waals surface area contributed by atoms with Crippen LogP contribution in [0.25, 0.3) is 0 Å². The minimum Gasteiger partial charge on any atom is -0.497 e. The lowest BCUT2D eigenvalue weighted by molar-refractivity contribution is -0.146. The summed E-state index contributed by atoms with van der Waals surface area (Å²) < 4.78 is 10.4. The van der Waals surface area contributed by atoms with E-state index < -0.39 is 23.3 Å². The largest absolute Gasteiger partial charge is 0.497 e. The molecule has 2 aliphatic heterocycles. The first kappa shape index (κ1) is 18.2. The van der Waals surface area contributed by atoms with Gasteiger partial charge in [-0.3, -0.25) is 9.59 Å². The van der Waals surface area contributed by atoms with Crippen molar-refractivity contribution >= 4 is 17.8 Å². The smallest absolute Gasteiger partial charge is 0.335 e. The average molecular weight is 363 g/mol. The molecule has 0 saturated carbocycles. The average Bonchev–Trinajstić information content (AvgIpc) is 3.00. The molecule has 2 N–H and O–H groups in total. The molecule has 2 saturated heterocycles. The fourth-order valence-corrected chi connectivity index (χ4v) is 3.89. The third-order valence-corrected chi connectivity index (χ3v) is 5.36. The number of aromatic carboxylic acids is 1. The second kappa shape index (κ2) is 6.95. The van der Waals surface area contributed by atoms with Crippen molar-refractivity contribution in [2.75, 3.05) is 33.4 Å². The second-order valence-corrected chi connectivity index (χ2v) is 6.81. The number of aliphatic carboxylic acids is 1. The van der Waals surface area contributed by atoms with Crippen LogP contribution in [0.5, 0.6) is 5.75 Å². The van der Waals surface area contributed by atoms with Crippen molar-refractivity contribution in [2.45, 2.75) is 12.8 Å². The fraction of sp³-hybridized carbons (Fsp3) is 0.500. The van der Waals surface area contributed by atoms with E-state index in [0.29, 0.717) is 32.6 Å². The molecule has 2 aliphatic rings. The van der Waals surface area contributed by atoms with Gasteiger partial charge in [0.05, 0.1) is 18.6 Å². The number of nitrogens with zero attached hydrogens (tertiary/aromatic N) is 1. The van der Waals surface area contributed by atoms with E-state index in [2.05, 4.69) is 0 Å². The minimum absolute atomic E-state index is 0.0533. The lowest BCUT2D eigenvalue weighted by atomic mass is 9.72. The highest BCUT2D eigenvalue weighted by atomic mass is 16.5. The number of hydrogen-bond acceptors (Lipinski definition) is 5. The molecule has 2 heterocycles. The van der Waals surface area contributed by atoms with E-state index in [-0.39, 0.29) is 29.3 Å². The Morgan fingerprint density at radius 3 is 2.38 bits per heavy atom. The van der Waals surface area contributed by atoms with Gasteiger partial charge in [0, 0.05) is 37.3 Å². The highest BCUT2D eigenvalue weighted by Gasteiger charge is 2.52. The van der Waals surface area contributed by atoms with Gasteiger partial charge in [-0.1, -0.05) is 0 Å². The summed E-state index contributed by atoms with van der Waals surface area (Å²) in [5, 5.41) is 18.8. The van der Waals surface area contributed by atoms with Gasteiger partial charge in [0.2, 0.25) is 0 Å². The number of ether oxygens (including phenoxy) is 2. The standard InChI is InChI=1S/C18H21NO7/c1-25-13-7-11(6-12(8-13)16(21)22)15(20)19-9-14(17(23)24)18(10-19)2-4-26-5-3-18/h6-8,14H,2-5,9-10H2,1H3,(H,21,22)(H,23,24). The van der Waals surface area contributed by atoms with Gasteiger partial charge in [0.15, 0.2) is 0 Å². The van der Waals surface area contributed by atoms with E-state index in [1.807, 2.05) is 0 Å². The molecular formula is C18H21NO7. The zero-order chi connectivity index (χ0) is 18.9. The Morgan fingerprint density at radius 1 is 1.15 bits per heavy atom. The van der Waals surface area contributed by atoms with Crippen molar-refractivity contribution in [1.29, 1.82) is 0 Å². The number of hydrogen-bond donors (Lipinski definition) is 2. The van der Waals surface area contributed by atoms with Gasteiger partial charge in [-0.25, -0.2) is 4.79 Å². The summed E-state index contributed by atoms with van der Waals surface area (Å²) in [4.78, 5) is 37.5. The van der Waals surface area contributed by atoms with Crippen LogP contribution in [0.1, 0.15) is 33.6 Å². The first-order valence-corrected chi connectivity index (χ1v) is 8.38. The third kappa shape index (κ3) is 3.24. The summed E-state index contributed by atoms with van der Waals surface area (Å²) in [5.41, 5.74) is -0.369. The number of likely N-dealkylation sites (tertiary alicyclic amines) is 1. The number of benzene rings is 1. The maximum atomic E-state index is 12.9. The lowest BCUT2D eigenvalue weighted by Gasteiger charge is -2.36. The fourth-order valence-electron chi connectivity index (χ4n) is 3.89. The number of carboxylic acids is 2. The van der Waals surface area contributed by atoms with Crippen LogP contribution in [0.2, 0.25) is 0 Å². The summed E-state index contributed by atoms with van der Waals surface area (Å²) in [6, 6.07) is 4.10. The Kier molecular flexibility index (Phi) is 4.86. The summed E-state index contributed by atoms with van der Waals surface area (Å²) in [5.74, 6) is -2.85. The van der Waals surface area contributed by atoms with Crippen molar-refractivity contribution in [2.24, 2.45) is 11.3 Å². The highest BCUT2D eigenvalue weighted by molar-refractivity contribution is 5.98. The normalized spacial score (nSPS) is 21.6. The van der Waals surface area contributed by atoms with Gasteiger partial charge < -0.3 is 24.6 Å². The molecule has 1 atom stereocenters. The molecule has 1 spiro atoms. The lowest BCUT2D eigenvalue weighted by Crippen LogP contribution is -2.40. The number of carbonyl (C=O) groups excluding carboxylic acids is 1. The molecule has 2 fully saturated rings. The van der Waals surface area contributed by atoms with Crippen LogP contribution < -0.4 is 4.74 Å². The molecule has 0 radical (unpaired) electrons. The van der Waals surface area contributed by atoms with Gasteiger partial charge in [-0.15, -0.1) is 0 Å². The van der Waals surface area contributed by atoms with Crippen molar-refractivity contribution in [1.82, 2.24) is 4.90 Å². The Morgan fingerprint density at radius 2 is 1.81 bits per heavy atom. The Labute approximate surface area is 150 Å². The number of methoxy groups -OCH3 is 1. The molecule has 1 aromatic rings. The van der Waals surface area contributed by atoms with Crippen molar-refractivity contribution < 1.29 is 34.1 Å². The Bertz CT molecular complexity index is 739. The van der Waals surface area contributed by atoms with Crippen molar-refractivity contribution in [3.8, 4) is 5.75 Å². The van der Waals surface area contributed by atoms with Crippen LogP contribution in [0, 0.1) is 11.3 Å². The predicted molar refractivity (Wildman–Crippen MR) is 89.5 cm³/mol. The van der Waals surface area contributed by atoms with Crippen LogP contribution in [0.15, 0.2) is 18.2 Å². The molecule has 8 heteroatoms. The monoisotopic (exact) mass is 363 g/mol. The second-order valence-electron chi connectivity index (χ2n) is 6.81. The van der Waals surface area contributed by atoms with E-state index in [9.17, 15) is 24.6 Å². The topological polar surface area (TPSA) is 113 Å². The zero-order valence-corrected chi connectivity index (χ0v) is 14.4. The highest BCUT2D eigenvalue weighted by Crippen LogP contribution is 2.44. The van der Waals surface area contributed by atoms with E-state index in [1.54, 1.807) is 0 Å². The van der Waals surface area contributed by atoms with Gasteiger partial charge in [0.25, 0.3) is 5.91 Å². The molecular weight excluding hydrogens is 342 g/mol. The number of rotatable bonds is 4. The quantitative estimate of drug-likeness (QED) is 0.830. The Balaban J connectivity index is 1.90. The molecule has 140 valence electrons. The van der Waals surface area contributed by atoms with Crippen molar-refractivity contribution in [3.05, 3.63) is 29.3 Å². The van der Waals surface area contributed by atoms with Gasteiger partial charge in [0.1, 0.15) is 5.75 Å². The van der Waals surface area contributed by atoms with Crippen LogP contribution in [-0.4, -0.2) is 66.4 Å². The maximum Gasteiger partial charge on any atom is 0.335 e. The molecule has 1 unspecified atom stereocenters. The van der Waals surface area contributed by atoms with Gasteiger partial charge >= 0.3 is 11.9 Å². The molecule has 8 nitrogen and oxygen atoms in total. The van der Waals surface area contributed by atoms with Crippen LogP contribution in [0.3, 0.4) is 0 Å². The van der Waals surface area contributed by atoms with E-state index in [4.69, 9.17) is 9.47 Å². The first-order chi connectivity index (χ1) is 12.4. The third-order valence-electron chi connectivity index (χ3n) is 5.36. The van der Waals surface area contributed by atoms with E-state index in [1.165, 1.54) is 30.2 Å². The molecule has 1 aromatic carbocycles. The van der Waals surface area contributed by atoms with Crippen LogP contribution in [0.4, 0.5) is 0 Å². The summed E-state index contributed by atoms with van der Waals surface area (Å²) >= 11 is 0. The van der Waals surface area contributed by atoms with Gasteiger partial charge in [-0.05, 0) is 31.0 Å². The number of amides is 1. The van der Waals surface area contributed by atoms with Crippen molar-refractivity contribution in [3.63, 3.8) is 0 Å². The summed E-state index contributed by atoms with van der Waals surface area (Å²) in [7, 11) is 1.39. The first-order valence-electron chi connectivity index (χ1n) is 8.38.